The maximum Gasteiger partial charge on any atom is 0.145 e. The summed E-state index contributed by atoms with van der Waals surface area (Å²) in [4.78, 5) is 2.41. The highest BCUT2D eigenvalue weighted by Crippen LogP contribution is 2.50. The fraction of sp³-hybridized carbons (Fsp3) is 0.0312. The summed E-state index contributed by atoms with van der Waals surface area (Å²) in [6, 6.07) is 78.4. The number of nitrogens with zero attached hydrogens (tertiary/aromatic N) is 1. The largest absolute Gasteiger partial charge is 0.456 e. The molecule has 0 spiro atoms. The highest BCUT2D eigenvalue weighted by molar-refractivity contribution is 6.20. The minimum absolute atomic E-state index is 0.839. The molecule has 13 rings (SSSR count). The number of allylic oxidation sites excluding steroid dienone is 4. The number of hydrogen-bond acceptors (Lipinski definition) is 3. The van der Waals surface area contributed by atoms with Crippen LogP contribution in [0.4, 0.5) is 17.1 Å². The van der Waals surface area contributed by atoms with Gasteiger partial charge in [-0.15, -0.1) is 0 Å². The summed E-state index contributed by atoms with van der Waals surface area (Å²) in [5.41, 5.74) is 18.0. The molecule has 67 heavy (non-hydrogen) atoms. The van der Waals surface area contributed by atoms with Crippen molar-refractivity contribution >= 4 is 77.3 Å². The number of furan rings is 2. The Morgan fingerprint density at radius 3 is 1.73 bits per heavy atom. The van der Waals surface area contributed by atoms with Crippen molar-refractivity contribution in [3.8, 4) is 44.5 Å². The predicted octanol–water partition coefficient (Wildman–Crippen LogP) is 18.5. The van der Waals surface area contributed by atoms with Crippen molar-refractivity contribution in [2.75, 3.05) is 4.90 Å². The van der Waals surface area contributed by atoms with E-state index in [-0.39, 0.29) is 0 Å². The third-order valence-electron chi connectivity index (χ3n) is 13.5. The van der Waals surface area contributed by atoms with Crippen LogP contribution in [-0.4, -0.2) is 0 Å². The quantitative estimate of drug-likeness (QED) is 0.152. The van der Waals surface area contributed by atoms with Crippen molar-refractivity contribution in [3.63, 3.8) is 0 Å². The topological polar surface area (TPSA) is 29.5 Å². The van der Waals surface area contributed by atoms with Crippen molar-refractivity contribution in [2.24, 2.45) is 0 Å². The molecule has 0 saturated carbocycles. The van der Waals surface area contributed by atoms with Crippen LogP contribution in [0.15, 0.2) is 245 Å². The Morgan fingerprint density at radius 1 is 0.358 bits per heavy atom. The lowest BCUT2D eigenvalue weighted by Crippen LogP contribution is -2.11. The molecule has 0 N–H and O–H groups in total. The van der Waals surface area contributed by atoms with Crippen molar-refractivity contribution in [2.45, 2.75) is 12.8 Å². The van der Waals surface area contributed by atoms with E-state index in [1.807, 2.05) is 0 Å². The lowest BCUT2D eigenvalue weighted by Gasteiger charge is -2.27. The van der Waals surface area contributed by atoms with Gasteiger partial charge in [-0.25, -0.2) is 0 Å². The van der Waals surface area contributed by atoms with Gasteiger partial charge in [0.2, 0.25) is 0 Å². The molecule has 0 amide bonds. The first-order valence-corrected chi connectivity index (χ1v) is 23.1. The molecular formula is C64H43NO2. The Kier molecular flexibility index (Phi) is 9.31. The molecule has 2 heterocycles. The molecule has 316 valence electrons. The second-order valence-electron chi connectivity index (χ2n) is 17.5. The van der Waals surface area contributed by atoms with Gasteiger partial charge in [0.05, 0.1) is 22.1 Å². The Hall–Kier alpha value is -8.66. The van der Waals surface area contributed by atoms with Crippen LogP contribution in [0, 0.1) is 0 Å². The van der Waals surface area contributed by atoms with Crippen LogP contribution >= 0.6 is 0 Å². The summed E-state index contributed by atoms with van der Waals surface area (Å²) < 4.78 is 13.9. The first-order chi connectivity index (χ1) is 33.2. The van der Waals surface area contributed by atoms with Gasteiger partial charge in [0.1, 0.15) is 22.3 Å². The Bertz CT molecular complexity index is 3890. The van der Waals surface area contributed by atoms with Gasteiger partial charge in [-0.1, -0.05) is 170 Å². The molecule has 0 fully saturated rings. The fourth-order valence-electron chi connectivity index (χ4n) is 10.2. The minimum Gasteiger partial charge on any atom is -0.456 e. The summed E-state index contributed by atoms with van der Waals surface area (Å²) in [6.45, 7) is 0. The van der Waals surface area contributed by atoms with Crippen LogP contribution in [0.25, 0.3) is 105 Å². The zero-order chi connectivity index (χ0) is 44.3. The zero-order valence-electron chi connectivity index (χ0n) is 36.7. The zero-order valence-corrected chi connectivity index (χ0v) is 36.7. The van der Waals surface area contributed by atoms with E-state index in [9.17, 15) is 0 Å². The SMILES string of the molecule is C1=CC(c2ccc3c(c2)oc2cccc(N(c4ccc(-c5ccc6cccc(-c7ccccc7)c6c5)cc4)c4ccc(-c5ccccc5)c5oc6cc(-c7ccccc7)ccc6c45)c23)=CCC1. The maximum absolute atomic E-state index is 7.07. The maximum atomic E-state index is 7.07. The molecule has 12 aromatic rings. The Balaban J connectivity index is 1.03. The number of rotatable bonds is 8. The Morgan fingerprint density at radius 2 is 0.970 bits per heavy atom. The molecule has 0 saturated heterocycles. The van der Waals surface area contributed by atoms with Gasteiger partial charge in [0, 0.05) is 22.0 Å². The highest BCUT2D eigenvalue weighted by atomic mass is 16.3. The van der Waals surface area contributed by atoms with E-state index in [1.165, 1.54) is 38.6 Å². The van der Waals surface area contributed by atoms with Crippen LogP contribution in [-0.2, 0) is 0 Å². The second-order valence-corrected chi connectivity index (χ2v) is 17.5. The first kappa shape index (κ1) is 38.8. The van der Waals surface area contributed by atoms with Crippen molar-refractivity contribution in [3.05, 3.63) is 242 Å². The third kappa shape index (κ3) is 6.75. The van der Waals surface area contributed by atoms with E-state index < -0.39 is 0 Å². The van der Waals surface area contributed by atoms with Crippen LogP contribution in [0.1, 0.15) is 18.4 Å². The third-order valence-corrected chi connectivity index (χ3v) is 13.5. The van der Waals surface area contributed by atoms with Gasteiger partial charge in [0.15, 0.2) is 0 Å². The van der Waals surface area contributed by atoms with E-state index >= 15 is 0 Å². The van der Waals surface area contributed by atoms with Crippen molar-refractivity contribution < 1.29 is 8.83 Å². The fourth-order valence-corrected chi connectivity index (χ4v) is 10.2. The van der Waals surface area contributed by atoms with Gasteiger partial charge >= 0.3 is 0 Å². The van der Waals surface area contributed by atoms with Crippen LogP contribution in [0.2, 0.25) is 0 Å². The molecule has 10 aromatic carbocycles. The van der Waals surface area contributed by atoms with E-state index in [1.54, 1.807) is 0 Å². The molecule has 3 heteroatoms. The minimum atomic E-state index is 0.839. The molecule has 0 atom stereocenters. The highest BCUT2D eigenvalue weighted by Gasteiger charge is 2.25. The van der Waals surface area contributed by atoms with Crippen LogP contribution in [0.5, 0.6) is 0 Å². The average molecular weight is 858 g/mol. The van der Waals surface area contributed by atoms with E-state index in [2.05, 4.69) is 242 Å². The van der Waals surface area contributed by atoms with E-state index in [0.717, 1.165) is 102 Å². The summed E-state index contributed by atoms with van der Waals surface area (Å²) in [5, 5.41) is 6.69. The monoisotopic (exact) mass is 857 g/mol. The first-order valence-electron chi connectivity index (χ1n) is 23.1. The molecular weight excluding hydrogens is 815 g/mol. The molecule has 0 aliphatic heterocycles. The molecule has 2 aromatic heterocycles. The molecule has 0 bridgehead atoms. The summed E-state index contributed by atoms with van der Waals surface area (Å²) in [6.07, 6.45) is 8.93. The smallest absolute Gasteiger partial charge is 0.145 e. The lowest BCUT2D eigenvalue weighted by molar-refractivity contribution is 0.669. The van der Waals surface area contributed by atoms with E-state index in [0.29, 0.717) is 0 Å². The molecule has 0 unspecified atom stereocenters. The van der Waals surface area contributed by atoms with Gasteiger partial charge in [-0.05, 0) is 140 Å². The van der Waals surface area contributed by atoms with Gasteiger partial charge in [-0.2, -0.15) is 0 Å². The molecule has 0 radical (unpaired) electrons. The van der Waals surface area contributed by atoms with E-state index in [4.69, 9.17) is 8.83 Å². The normalized spacial score (nSPS) is 12.7. The van der Waals surface area contributed by atoms with Crippen LogP contribution < -0.4 is 4.90 Å². The summed E-state index contributed by atoms with van der Waals surface area (Å²) >= 11 is 0. The number of anilines is 3. The second kappa shape index (κ2) is 16.1. The van der Waals surface area contributed by atoms with Crippen molar-refractivity contribution in [1.29, 1.82) is 0 Å². The summed E-state index contributed by atoms with van der Waals surface area (Å²) in [5.74, 6) is 0. The number of benzene rings is 10. The van der Waals surface area contributed by atoms with Gasteiger partial charge in [-0.3, -0.25) is 0 Å². The number of hydrogen-bond donors (Lipinski definition) is 0. The average Bonchev–Trinajstić information content (AvgIpc) is 3.98. The van der Waals surface area contributed by atoms with Gasteiger partial charge < -0.3 is 13.7 Å². The predicted molar refractivity (Wildman–Crippen MR) is 281 cm³/mol. The molecule has 1 aliphatic carbocycles. The Labute approximate surface area is 388 Å². The molecule has 1 aliphatic rings. The standard InChI is InChI=1S/C64H43NO2/c1-5-15-42(16-6-1)49-31-35-54-60(40-49)66-59-26-14-25-57(62(54)59)65(51-33-29-44(30-34-51)48-28-27-47-23-13-24-52(56(47)39-48)45-19-9-3-10-20-45)58-38-37-53(46-21-11-4-12-22-46)64-63(58)55-36-32-50(41-61(55)67-64)43-17-7-2-8-18-43/h2-5,7-41H,1,6H2. The van der Waals surface area contributed by atoms with Gasteiger partial charge in [0.25, 0.3) is 0 Å². The lowest BCUT2D eigenvalue weighted by atomic mass is 9.94. The van der Waals surface area contributed by atoms with Crippen LogP contribution in [0.3, 0.4) is 0 Å². The number of fused-ring (bicyclic) bond motifs is 7. The van der Waals surface area contributed by atoms with Crippen molar-refractivity contribution in [1.82, 2.24) is 0 Å². The molecule has 3 nitrogen and oxygen atoms in total. The summed E-state index contributed by atoms with van der Waals surface area (Å²) in [7, 11) is 0.